The average molecular weight is 341 g/mol. The molecule has 0 fully saturated rings. The Morgan fingerprint density at radius 2 is 1.81 bits per heavy atom. The fourth-order valence-corrected chi connectivity index (χ4v) is 2.25. The van der Waals surface area contributed by atoms with Gasteiger partial charge in [-0.05, 0) is 36.8 Å². The van der Waals surface area contributed by atoms with Crippen LogP contribution >= 0.6 is 15.9 Å². The smallest absolute Gasteiger partial charge is 0.157 e. The zero-order valence-corrected chi connectivity index (χ0v) is 13.0. The Hall–Kier alpha value is -2.27. The molecule has 0 spiro atoms. The van der Waals surface area contributed by atoms with Crippen LogP contribution in [0.1, 0.15) is 12.5 Å². The van der Waals surface area contributed by atoms with Crippen LogP contribution in [0, 0.1) is 0 Å². The van der Waals surface area contributed by atoms with Crippen molar-refractivity contribution in [3.63, 3.8) is 0 Å². The van der Waals surface area contributed by atoms with Gasteiger partial charge in [0, 0.05) is 9.86 Å². The zero-order valence-electron chi connectivity index (χ0n) is 11.4. The van der Waals surface area contributed by atoms with E-state index < -0.39 is 0 Å². The number of halogens is 1. The van der Waals surface area contributed by atoms with Crippen LogP contribution in [-0.4, -0.2) is 15.7 Å². The van der Waals surface area contributed by atoms with Gasteiger partial charge in [0.1, 0.15) is 6.33 Å². The molecule has 5 heteroatoms. The van der Waals surface area contributed by atoms with Crippen LogP contribution in [0.15, 0.2) is 64.4 Å². The van der Waals surface area contributed by atoms with E-state index in [1.165, 1.54) is 6.33 Å². The molecule has 0 aliphatic carbocycles. The van der Waals surface area contributed by atoms with Crippen LogP contribution in [0.5, 0.6) is 0 Å². The van der Waals surface area contributed by atoms with E-state index in [1.54, 1.807) is 0 Å². The largest absolute Gasteiger partial charge is 0.260 e. The second-order valence-electron chi connectivity index (χ2n) is 4.56. The van der Waals surface area contributed by atoms with Gasteiger partial charge >= 0.3 is 0 Å². The van der Waals surface area contributed by atoms with Crippen LogP contribution in [0.2, 0.25) is 0 Å². The summed E-state index contributed by atoms with van der Waals surface area (Å²) in [7, 11) is 0. The summed E-state index contributed by atoms with van der Waals surface area (Å²) in [6.07, 6.45) is 1.54. The van der Waals surface area contributed by atoms with E-state index in [0.29, 0.717) is 5.82 Å². The molecule has 4 nitrogen and oxygen atoms in total. The first-order valence-electron chi connectivity index (χ1n) is 6.50. The molecule has 0 aliphatic rings. The molecular formula is C16H13BrN4. The van der Waals surface area contributed by atoms with Crippen molar-refractivity contribution in [3.8, 4) is 0 Å². The highest BCUT2D eigenvalue weighted by atomic mass is 79.9. The summed E-state index contributed by atoms with van der Waals surface area (Å²) in [6, 6.07) is 15.9. The molecule has 0 saturated heterocycles. The first-order valence-corrected chi connectivity index (χ1v) is 7.29. The number of hydrazone groups is 1. The Labute approximate surface area is 131 Å². The second kappa shape index (κ2) is 6.01. The van der Waals surface area contributed by atoms with Crippen molar-refractivity contribution in [2.75, 3.05) is 5.43 Å². The van der Waals surface area contributed by atoms with E-state index in [4.69, 9.17) is 0 Å². The fourth-order valence-electron chi connectivity index (χ4n) is 1.99. The molecule has 1 heterocycles. The topological polar surface area (TPSA) is 50.2 Å². The molecule has 0 radical (unpaired) electrons. The Balaban J connectivity index is 1.88. The van der Waals surface area contributed by atoms with Crippen molar-refractivity contribution in [3.05, 3.63) is 64.9 Å². The molecule has 3 aromatic rings. The molecule has 0 aliphatic heterocycles. The summed E-state index contributed by atoms with van der Waals surface area (Å²) in [6.45, 7) is 1.96. The highest BCUT2D eigenvalue weighted by Gasteiger charge is 2.02. The third kappa shape index (κ3) is 3.08. The lowest BCUT2D eigenvalue weighted by Crippen LogP contribution is -2.01. The molecule has 0 saturated carbocycles. The van der Waals surface area contributed by atoms with E-state index in [1.807, 2.05) is 55.5 Å². The molecule has 3 rings (SSSR count). The van der Waals surface area contributed by atoms with Gasteiger partial charge in [0.25, 0.3) is 0 Å². The number of anilines is 1. The fraction of sp³-hybridized carbons (Fsp3) is 0.0625. The van der Waals surface area contributed by atoms with Gasteiger partial charge in [0.15, 0.2) is 5.82 Å². The number of fused-ring (bicyclic) bond motifs is 1. The Bertz CT molecular complexity index is 791. The molecule has 2 aromatic carbocycles. The first-order chi connectivity index (χ1) is 10.2. The molecule has 0 bridgehead atoms. The third-order valence-electron chi connectivity index (χ3n) is 3.13. The summed E-state index contributed by atoms with van der Waals surface area (Å²) < 4.78 is 1.05. The second-order valence-corrected chi connectivity index (χ2v) is 5.47. The average Bonchev–Trinajstić information content (AvgIpc) is 2.53. The van der Waals surface area contributed by atoms with Crippen molar-refractivity contribution >= 4 is 38.4 Å². The number of rotatable bonds is 3. The van der Waals surface area contributed by atoms with Gasteiger partial charge in [-0.3, -0.25) is 5.43 Å². The molecule has 0 amide bonds. The van der Waals surface area contributed by atoms with Crippen LogP contribution in [-0.2, 0) is 0 Å². The normalized spacial score (nSPS) is 11.6. The van der Waals surface area contributed by atoms with E-state index in [-0.39, 0.29) is 0 Å². The van der Waals surface area contributed by atoms with E-state index >= 15 is 0 Å². The number of hydrogen-bond acceptors (Lipinski definition) is 4. The van der Waals surface area contributed by atoms with E-state index in [9.17, 15) is 0 Å². The lowest BCUT2D eigenvalue weighted by molar-refractivity contribution is 1.18. The van der Waals surface area contributed by atoms with Crippen LogP contribution < -0.4 is 5.43 Å². The summed E-state index contributed by atoms with van der Waals surface area (Å²) >= 11 is 3.42. The maximum atomic E-state index is 4.41. The van der Waals surface area contributed by atoms with Crippen molar-refractivity contribution in [1.29, 1.82) is 0 Å². The van der Waals surface area contributed by atoms with Crippen LogP contribution in [0.4, 0.5) is 5.82 Å². The number of aromatic nitrogens is 2. The minimum atomic E-state index is 0.706. The summed E-state index contributed by atoms with van der Waals surface area (Å²) in [5.74, 6) is 0.706. The van der Waals surface area contributed by atoms with Crippen molar-refractivity contribution in [1.82, 2.24) is 9.97 Å². The number of nitrogens with one attached hydrogen (secondary N) is 1. The minimum absolute atomic E-state index is 0.706. The number of para-hydroxylation sites is 1. The summed E-state index contributed by atoms with van der Waals surface area (Å²) in [5, 5.41) is 5.36. The van der Waals surface area contributed by atoms with Crippen LogP contribution in [0.3, 0.4) is 0 Å². The predicted molar refractivity (Wildman–Crippen MR) is 89.5 cm³/mol. The van der Waals surface area contributed by atoms with Gasteiger partial charge in [0.05, 0.1) is 11.2 Å². The Kier molecular flexibility index (Phi) is 3.92. The Morgan fingerprint density at radius 3 is 2.62 bits per heavy atom. The zero-order chi connectivity index (χ0) is 14.7. The lowest BCUT2D eigenvalue weighted by atomic mass is 10.1. The number of nitrogens with zero attached hydrogens (tertiary/aromatic N) is 3. The maximum absolute atomic E-state index is 4.41. The van der Waals surface area contributed by atoms with E-state index in [0.717, 1.165) is 26.7 Å². The molecular weight excluding hydrogens is 328 g/mol. The molecule has 0 unspecified atom stereocenters. The van der Waals surface area contributed by atoms with Gasteiger partial charge in [0.2, 0.25) is 0 Å². The van der Waals surface area contributed by atoms with Gasteiger partial charge in [-0.25, -0.2) is 9.97 Å². The maximum Gasteiger partial charge on any atom is 0.157 e. The van der Waals surface area contributed by atoms with Crippen molar-refractivity contribution < 1.29 is 0 Å². The number of hydrogen-bond donors (Lipinski definition) is 1. The molecule has 1 aromatic heterocycles. The number of benzene rings is 2. The molecule has 0 atom stereocenters. The Morgan fingerprint density at radius 1 is 1.05 bits per heavy atom. The highest BCUT2D eigenvalue weighted by Crippen LogP contribution is 2.18. The van der Waals surface area contributed by atoms with Crippen molar-refractivity contribution in [2.45, 2.75) is 6.92 Å². The van der Waals surface area contributed by atoms with Gasteiger partial charge in [-0.2, -0.15) is 5.10 Å². The molecule has 21 heavy (non-hydrogen) atoms. The van der Waals surface area contributed by atoms with Gasteiger partial charge in [-0.15, -0.1) is 0 Å². The lowest BCUT2D eigenvalue weighted by Gasteiger charge is -2.05. The third-order valence-corrected chi connectivity index (χ3v) is 3.66. The standard InChI is InChI=1S/C16H13BrN4/c1-11(12-6-8-13(17)9-7-12)20-21-16-14-4-2-3-5-15(14)18-10-19-16/h2-10H,1H3,(H,18,19,21)/b20-11+. The summed E-state index contributed by atoms with van der Waals surface area (Å²) in [5.41, 5.74) is 5.87. The monoisotopic (exact) mass is 340 g/mol. The van der Waals surface area contributed by atoms with Gasteiger partial charge in [-0.1, -0.05) is 40.2 Å². The molecule has 1 N–H and O–H groups in total. The first kappa shape index (κ1) is 13.7. The van der Waals surface area contributed by atoms with E-state index in [2.05, 4.69) is 36.4 Å². The minimum Gasteiger partial charge on any atom is -0.260 e. The van der Waals surface area contributed by atoms with Crippen LogP contribution in [0.25, 0.3) is 10.9 Å². The van der Waals surface area contributed by atoms with Gasteiger partial charge < -0.3 is 0 Å². The quantitative estimate of drug-likeness (QED) is 0.573. The summed E-state index contributed by atoms with van der Waals surface area (Å²) in [4.78, 5) is 8.48. The van der Waals surface area contributed by atoms with Crippen molar-refractivity contribution in [2.24, 2.45) is 5.10 Å². The SMILES string of the molecule is C/C(=N\Nc1ncnc2ccccc12)c1ccc(Br)cc1. The molecule has 104 valence electrons. The highest BCUT2D eigenvalue weighted by molar-refractivity contribution is 9.10. The predicted octanol–water partition coefficient (Wildman–Crippen LogP) is 4.23.